The minimum absolute atomic E-state index is 0.151. The van der Waals surface area contributed by atoms with Gasteiger partial charge in [0.25, 0.3) is 0 Å². The molecule has 5 heteroatoms. The van der Waals surface area contributed by atoms with Gasteiger partial charge in [0.2, 0.25) is 0 Å². The zero-order chi connectivity index (χ0) is 12.3. The lowest BCUT2D eigenvalue weighted by atomic mass is 10.2. The summed E-state index contributed by atoms with van der Waals surface area (Å²) < 4.78 is 5.60. The smallest absolute Gasteiger partial charge is 0.147 e. The van der Waals surface area contributed by atoms with Gasteiger partial charge in [-0.15, -0.1) is 0 Å². The Morgan fingerprint density at radius 1 is 1.18 bits per heavy atom. The summed E-state index contributed by atoms with van der Waals surface area (Å²) in [6.07, 6.45) is 3.11. The van der Waals surface area contributed by atoms with Crippen molar-refractivity contribution >= 4 is 23.2 Å². The predicted molar refractivity (Wildman–Crippen MR) is 66.7 cm³/mol. The second-order valence-electron chi connectivity index (χ2n) is 3.30. The average Bonchev–Trinajstić information content (AvgIpc) is 2.35. The van der Waals surface area contributed by atoms with E-state index < -0.39 is 0 Å². The Morgan fingerprint density at radius 3 is 2.76 bits per heavy atom. The van der Waals surface area contributed by atoms with Gasteiger partial charge in [-0.1, -0.05) is 29.3 Å². The second-order valence-corrected chi connectivity index (χ2v) is 4.08. The molecule has 0 fully saturated rings. The molecule has 1 aromatic carbocycles. The van der Waals surface area contributed by atoms with E-state index in [-0.39, 0.29) is 6.61 Å². The molecule has 0 radical (unpaired) electrons. The third-order valence-corrected chi connectivity index (χ3v) is 2.97. The van der Waals surface area contributed by atoms with Gasteiger partial charge in [-0.3, -0.25) is 4.98 Å². The van der Waals surface area contributed by atoms with Crippen molar-refractivity contribution < 1.29 is 9.84 Å². The van der Waals surface area contributed by atoms with Gasteiger partial charge in [0.15, 0.2) is 0 Å². The lowest BCUT2D eigenvalue weighted by Gasteiger charge is -2.10. The maximum Gasteiger partial charge on any atom is 0.147 e. The number of pyridine rings is 1. The molecule has 3 nitrogen and oxygen atoms in total. The fourth-order valence-electron chi connectivity index (χ4n) is 1.31. The lowest BCUT2D eigenvalue weighted by molar-refractivity contribution is 0.276. The molecule has 1 N–H and O–H groups in total. The minimum Gasteiger partial charge on any atom is -0.455 e. The number of benzene rings is 1. The zero-order valence-electron chi connectivity index (χ0n) is 8.73. The van der Waals surface area contributed by atoms with Gasteiger partial charge < -0.3 is 9.84 Å². The number of hydrogen-bond donors (Lipinski definition) is 1. The van der Waals surface area contributed by atoms with Crippen LogP contribution in [0, 0.1) is 0 Å². The van der Waals surface area contributed by atoms with Crippen LogP contribution in [0.1, 0.15) is 5.56 Å². The molecular formula is C12H9Cl2NO2. The quantitative estimate of drug-likeness (QED) is 0.925. The van der Waals surface area contributed by atoms with E-state index in [1.54, 1.807) is 30.5 Å². The number of rotatable bonds is 3. The van der Waals surface area contributed by atoms with Gasteiger partial charge in [-0.25, -0.2) is 0 Å². The summed E-state index contributed by atoms with van der Waals surface area (Å²) in [6, 6.07) is 6.78. The van der Waals surface area contributed by atoms with E-state index in [1.165, 1.54) is 6.20 Å². The summed E-state index contributed by atoms with van der Waals surface area (Å²) in [5, 5.41) is 9.90. The summed E-state index contributed by atoms with van der Waals surface area (Å²) >= 11 is 11.9. The van der Waals surface area contributed by atoms with Crippen LogP contribution in [-0.2, 0) is 6.61 Å². The standard InChI is InChI=1S/C12H9Cl2NO2/c13-9-2-1-3-11(12(9)14)17-10-4-5-15-6-8(10)7-16/h1-6,16H,7H2. The van der Waals surface area contributed by atoms with E-state index in [0.717, 1.165) is 0 Å². The Balaban J connectivity index is 2.35. The summed E-state index contributed by atoms with van der Waals surface area (Å²) in [4.78, 5) is 3.90. The first-order chi connectivity index (χ1) is 8.22. The van der Waals surface area contributed by atoms with Crippen molar-refractivity contribution in [2.45, 2.75) is 6.61 Å². The van der Waals surface area contributed by atoms with Gasteiger partial charge in [-0.2, -0.15) is 0 Å². The largest absolute Gasteiger partial charge is 0.455 e. The Hall–Kier alpha value is -1.29. The van der Waals surface area contributed by atoms with Gasteiger partial charge >= 0.3 is 0 Å². The van der Waals surface area contributed by atoms with Crippen LogP contribution in [0.2, 0.25) is 10.0 Å². The molecule has 17 heavy (non-hydrogen) atoms. The molecule has 0 aliphatic heterocycles. The molecule has 1 heterocycles. The van der Waals surface area contributed by atoms with E-state index >= 15 is 0 Å². The Labute approximate surface area is 109 Å². The summed E-state index contributed by atoms with van der Waals surface area (Å²) in [5.41, 5.74) is 0.587. The zero-order valence-corrected chi connectivity index (χ0v) is 10.2. The van der Waals surface area contributed by atoms with Crippen LogP contribution >= 0.6 is 23.2 Å². The first-order valence-corrected chi connectivity index (χ1v) is 5.63. The highest BCUT2D eigenvalue weighted by Gasteiger charge is 2.09. The van der Waals surface area contributed by atoms with Crippen LogP contribution in [-0.4, -0.2) is 10.1 Å². The van der Waals surface area contributed by atoms with Crippen molar-refractivity contribution in [3.05, 3.63) is 52.3 Å². The third kappa shape index (κ3) is 2.69. The molecule has 0 saturated carbocycles. The molecule has 2 rings (SSSR count). The maximum absolute atomic E-state index is 9.14. The predicted octanol–water partition coefficient (Wildman–Crippen LogP) is 3.67. The topological polar surface area (TPSA) is 42.4 Å². The summed E-state index contributed by atoms with van der Waals surface area (Å²) in [7, 11) is 0. The summed E-state index contributed by atoms with van der Waals surface area (Å²) in [6.45, 7) is -0.151. The lowest BCUT2D eigenvalue weighted by Crippen LogP contribution is -1.93. The van der Waals surface area contributed by atoms with Crippen molar-refractivity contribution in [3.8, 4) is 11.5 Å². The van der Waals surface area contributed by atoms with Crippen LogP contribution in [0.4, 0.5) is 0 Å². The molecule has 0 atom stereocenters. The van der Waals surface area contributed by atoms with Crippen LogP contribution in [0.5, 0.6) is 11.5 Å². The van der Waals surface area contributed by atoms with Crippen molar-refractivity contribution in [3.63, 3.8) is 0 Å². The van der Waals surface area contributed by atoms with Gasteiger partial charge in [-0.05, 0) is 18.2 Å². The SMILES string of the molecule is OCc1cnccc1Oc1cccc(Cl)c1Cl. The average molecular weight is 270 g/mol. The molecule has 2 aromatic rings. The van der Waals surface area contributed by atoms with E-state index in [1.807, 2.05) is 0 Å². The van der Waals surface area contributed by atoms with E-state index in [9.17, 15) is 0 Å². The number of hydrogen-bond acceptors (Lipinski definition) is 3. The molecule has 0 spiro atoms. The molecule has 0 aliphatic carbocycles. The van der Waals surface area contributed by atoms with E-state index in [0.29, 0.717) is 27.1 Å². The van der Waals surface area contributed by atoms with Crippen LogP contribution in [0.15, 0.2) is 36.7 Å². The second kappa shape index (κ2) is 5.36. The van der Waals surface area contributed by atoms with Crippen LogP contribution < -0.4 is 4.74 Å². The number of halogens is 2. The van der Waals surface area contributed by atoms with Gasteiger partial charge in [0.1, 0.15) is 16.5 Å². The minimum atomic E-state index is -0.151. The number of nitrogens with zero attached hydrogens (tertiary/aromatic N) is 1. The maximum atomic E-state index is 9.14. The molecule has 88 valence electrons. The highest BCUT2D eigenvalue weighted by molar-refractivity contribution is 6.42. The van der Waals surface area contributed by atoms with Crippen molar-refractivity contribution in [1.82, 2.24) is 4.98 Å². The van der Waals surface area contributed by atoms with Crippen molar-refractivity contribution in [2.24, 2.45) is 0 Å². The number of aliphatic hydroxyl groups excluding tert-OH is 1. The molecule has 1 aromatic heterocycles. The first-order valence-electron chi connectivity index (χ1n) is 4.88. The van der Waals surface area contributed by atoms with Crippen LogP contribution in [0.3, 0.4) is 0 Å². The van der Waals surface area contributed by atoms with E-state index in [4.69, 9.17) is 33.0 Å². The summed E-state index contributed by atoms with van der Waals surface area (Å²) in [5.74, 6) is 0.951. The molecule has 0 amide bonds. The number of ether oxygens (including phenoxy) is 1. The molecule has 0 bridgehead atoms. The number of aliphatic hydroxyl groups is 1. The van der Waals surface area contributed by atoms with Gasteiger partial charge in [0, 0.05) is 18.0 Å². The number of aromatic nitrogens is 1. The Kier molecular flexibility index (Phi) is 3.84. The molecule has 0 unspecified atom stereocenters. The molecule has 0 aliphatic rings. The monoisotopic (exact) mass is 269 g/mol. The Morgan fingerprint density at radius 2 is 2.00 bits per heavy atom. The fourth-order valence-corrected chi connectivity index (χ4v) is 1.64. The van der Waals surface area contributed by atoms with Crippen LogP contribution in [0.25, 0.3) is 0 Å². The first kappa shape index (κ1) is 12.2. The fraction of sp³-hybridized carbons (Fsp3) is 0.0833. The van der Waals surface area contributed by atoms with E-state index in [2.05, 4.69) is 4.98 Å². The normalized spacial score (nSPS) is 10.3. The third-order valence-electron chi connectivity index (χ3n) is 2.17. The van der Waals surface area contributed by atoms with Gasteiger partial charge in [0.05, 0.1) is 11.6 Å². The highest BCUT2D eigenvalue weighted by atomic mass is 35.5. The molecular weight excluding hydrogens is 261 g/mol. The van der Waals surface area contributed by atoms with Crippen molar-refractivity contribution in [2.75, 3.05) is 0 Å². The Bertz CT molecular complexity index is 532. The van der Waals surface area contributed by atoms with Crippen molar-refractivity contribution in [1.29, 1.82) is 0 Å². The molecule has 0 saturated heterocycles. The highest BCUT2D eigenvalue weighted by Crippen LogP contribution is 2.35.